The predicted octanol–water partition coefficient (Wildman–Crippen LogP) is 2.77. The van der Waals surface area contributed by atoms with E-state index in [0.29, 0.717) is 11.4 Å². The number of halogens is 1. The Bertz CT molecular complexity index is 432. The molecule has 1 aromatic carbocycles. The van der Waals surface area contributed by atoms with Crippen molar-refractivity contribution in [2.45, 2.75) is 19.8 Å². The van der Waals surface area contributed by atoms with Crippen molar-refractivity contribution in [1.82, 2.24) is 0 Å². The minimum atomic E-state index is -0.198. The molecule has 1 N–H and O–H groups in total. The Morgan fingerprint density at radius 1 is 1.35 bits per heavy atom. The fourth-order valence-electron chi connectivity index (χ4n) is 1.28. The van der Waals surface area contributed by atoms with Crippen molar-refractivity contribution in [3.05, 3.63) is 22.7 Å². The van der Waals surface area contributed by atoms with Gasteiger partial charge in [-0.15, -0.1) is 0 Å². The van der Waals surface area contributed by atoms with Gasteiger partial charge in [0.25, 0.3) is 0 Å². The maximum atomic E-state index is 11.6. The van der Waals surface area contributed by atoms with Gasteiger partial charge in [-0.1, -0.05) is 15.9 Å². The van der Waals surface area contributed by atoms with Gasteiger partial charge in [-0.05, 0) is 25.1 Å². The minimum Gasteiger partial charge on any atom is -0.495 e. The zero-order valence-electron chi connectivity index (χ0n) is 9.75. The van der Waals surface area contributed by atoms with Gasteiger partial charge in [-0.3, -0.25) is 4.79 Å². The molecule has 0 spiro atoms. The highest BCUT2D eigenvalue weighted by molar-refractivity contribution is 9.10. The second-order valence-corrected chi connectivity index (χ2v) is 4.51. The number of nitrogens with one attached hydrogen (secondary N) is 1. The molecule has 92 valence electrons. The van der Waals surface area contributed by atoms with Crippen LogP contribution in [0.3, 0.4) is 0 Å². The van der Waals surface area contributed by atoms with Crippen LogP contribution in [0.25, 0.3) is 0 Å². The van der Waals surface area contributed by atoms with Gasteiger partial charge in [0.2, 0.25) is 5.91 Å². The van der Waals surface area contributed by atoms with E-state index in [0.717, 1.165) is 4.47 Å². The van der Waals surface area contributed by atoms with Crippen LogP contribution < -0.4 is 10.1 Å². The first-order valence-corrected chi connectivity index (χ1v) is 5.95. The van der Waals surface area contributed by atoms with Crippen LogP contribution in [0.4, 0.5) is 5.69 Å². The maximum absolute atomic E-state index is 11.6. The first-order chi connectivity index (χ1) is 8.02. The number of carbonyl (C=O) groups is 2. The van der Waals surface area contributed by atoms with E-state index in [4.69, 9.17) is 4.74 Å². The third-order valence-electron chi connectivity index (χ3n) is 2.14. The molecule has 1 aromatic rings. The molecular weight excluding hydrogens is 286 g/mol. The fraction of sp³-hybridized carbons (Fsp3) is 0.333. The summed E-state index contributed by atoms with van der Waals surface area (Å²) in [5.41, 5.74) is 0.593. The van der Waals surface area contributed by atoms with Crippen LogP contribution >= 0.6 is 15.9 Å². The van der Waals surface area contributed by atoms with Crippen molar-refractivity contribution in [2.75, 3.05) is 12.4 Å². The Balaban J connectivity index is 2.69. The normalized spacial score (nSPS) is 9.82. The number of hydrogen-bond donors (Lipinski definition) is 1. The summed E-state index contributed by atoms with van der Waals surface area (Å²) in [6.45, 7) is 1.47. The fourth-order valence-corrected chi connectivity index (χ4v) is 1.64. The number of ether oxygens (including phenoxy) is 1. The molecule has 0 aliphatic carbocycles. The third kappa shape index (κ3) is 4.56. The Hall–Kier alpha value is -1.36. The van der Waals surface area contributed by atoms with E-state index in [1.54, 1.807) is 12.1 Å². The van der Waals surface area contributed by atoms with Crippen molar-refractivity contribution in [1.29, 1.82) is 0 Å². The molecule has 17 heavy (non-hydrogen) atoms. The minimum absolute atomic E-state index is 0.00126. The Kier molecular flexibility index (Phi) is 5.15. The number of Topliss-reactive ketones (excluding diaryl/α,β-unsaturated/α-hetero) is 1. The molecule has 0 fully saturated rings. The van der Waals surface area contributed by atoms with Crippen LogP contribution in [0.1, 0.15) is 19.8 Å². The Morgan fingerprint density at radius 2 is 2.06 bits per heavy atom. The molecule has 0 bridgehead atoms. The zero-order chi connectivity index (χ0) is 12.8. The lowest BCUT2D eigenvalue weighted by Gasteiger charge is -2.10. The Morgan fingerprint density at radius 3 is 2.65 bits per heavy atom. The highest BCUT2D eigenvalue weighted by Gasteiger charge is 2.08. The molecule has 0 aromatic heterocycles. The van der Waals surface area contributed by atoms with E-state index >= 15 is 0 Å². The number of carbonyl (C=O) groups excluding carboxylic acids is 2. The van der Waals surface area contributed by atoms with Gasteiger partial charge in [-0.2, -0.15) is 0 Å². The van der Waals surface area contributed by atoms with Crippen LogP contribution in [-0.2, 0) is 9.59 Å². The molecular formula is C12H14BrNO3. The van der Waals surface area contributed by atoms with Gasteiger partial charge in [0.15, 0.2) is 0 Å². The monoisotopic (exact) mass is 299 g/mol. The lowest BCUT2D eigenvalue weighted by Crippen LogP contribution is -2.13. The molecule has 0 aliphatic rings. The van der Waals surface area contributed by atoms with Crippen LogP contribution in [0.15, 0.2) is 22.7 Å². The van der Waals surface area contributed by atoms with Gasteiger partial charge in [-0.25, -0.2) is 0 Å². The van der Waals surface area contributed by atoms with E-state index in [1.165, 1.54) is 14.0 Å². The maximum Gasteiger partial charge on any atom is 0.224 e. The molecule has 1 amide bonds. The number of hydrogen-bond acceptors (Lipinski definition) is 3. The number of anilines is 1. The average Bonchev–Trinajstić information content (AvgIpc) is 2.27. The first kappa shape index (κ1) is 13.7. The molecule has 0 unspecified atom stereocenters. The second-order valence-electron chi connectivity index (χ2n) is 3.59. The first-order valence-electron chi connectivity index (χ1n) is 5.15. The molecule has 0 radical (unpaired) electrons. The summed E-state index contributed by atoms with van der Waals surface area (Å²) in [6.07, 6.45) is 0.438. The molecule has 5 heteroatoms. The number of rotatable bonds is 5. The number of benzene rings is 1. The summed E-state index contributed by atoms with van der Waals surface area (Å²) in [7, 11) is 1.54. The van der Waals surface area contributed by atoms with Gasteiger partial charge in [0.05, 0.1) is 12.8 Å². The lowest BCUT2D eigenvalue weighted by molar-refractivity contribution is -0.121. The second kappa shape index (κ2) is 6.39. The number of methoxy groups -OCH3 is 1. The van der Waals surface area contributed by atoms with Gasteiger partial charge in [0, 0.05) is 17.3 Å². The van der Waals surface area contributed by atoms with Crippen molar-refractivity contribution in [2.24, 2.45) is 0 Å². The zero-order valence-corrected chi connectivity index (χ0v) is 11.3. The average molecular weight is 300 g/mol. The molecule has 4 nitrogen and oxygen atoms in total. The van der Waals surface area contributed by atoms with E-state index in [2.05, 4.69) is 21.2 Å². The van der Waals surface area contributed by atoms with Gasteiger partial charge < -0.3 is 14.8 Å². The van der Waals surface area contributed by atoms with Crippen molar-refractivity contribution >= 4 is 33.3 Å². The molecule has 0 atom stereocenters. The summed E-state index contributed by atoms with van der Waals surface area (Å²) in [6, 6.07) is 5.33. The largest absolute Gasteiger partial charge is 0.495 e. The molecule has 0 saturated carbocycles. The SMILES string of the molecule is COc1ccc(Br)cc1NC(=O)CCC(C)=O. The van der Waals surface area contributed by atoms with Crippen LogP contribution in [0.5, 0.6) is 5.75 Å². The summed E-state index contributed by atoms with van der Waals surface area (Å²) < 4.78 is 5.97. The van der Waals surface area contributed by atoms with Crippen molar-refractivity contribution < 1.29 is 14.3 Å². The van der Waals surface area contributed by atoms with Crippen molar-refractivity contribution in [3.8, 4) is 5.75 Å². The van der Waals surface area contributed by atoms with Crippen LogP contribution in [0, 0.1) is 0 Å². The summed E-state index contributed by atoms with van der Waals surface area (Å²) in [4.78, 5) is 22.3. The van der Waals surface area contributed by atoms with E-state index in [-0.39, 0.29) is 24.5 Å². The van der Waals surface area contributed by atoms with E-state index in [9.17, 15) is 9.59 Å². The number of amides is 1. The van der Waals surface area contributed by atoms with Crippen LogP contribution in [0.2, 0.25) is 0 Å². The van der Waals surface area contributed by atoms with Gasteiger partial charge >= 0.3 is 0 Å². The highest BCUT2D eigenvalue weighted by atomic mass is 79.9. The van der Waals surface area contributed by atoms with Crippen molar-refractivity contribution in [3.63, 3.8) is 0 Å². The lowest BCUT2D eigenvalue weighted by atomic mass is 10.2. The standard InChI is InChI=1S/C12H14BrNO3/c1-8(15)3-6-12(16)14-10-7-9(13)4-5-11(10)17-2/h4-5,7H,3,6H2,1-2H3,(H,14,16). The van der Waals surface area contributed by atoms with E-state index in [1.807, 2.05) is 6.07 Å². The van der Waals surface area contributed by atoms with Crippen LogP contribution in [-0.4, -0.2) is 18.8 Å². The predicted molar refractivity (Wildman–Crippen MR) is 69.2 cm³/mol. The van der Waals surface area contributed by atoms with E-state index < -0.39 is 0 Å². The quantitative estimate of drug-likeness (QED) is 0.909. The number of ketones is 1. The Labute approximate surface area is 108 Å². The van der Waals surface area contributed by atoms with Gasteiger partial charge in [0.1, 0.15) is 11.5 Å². The summed E-state index contributed by atoms with van der Waals surface area (Å²) in [5.74, 6) is 0.391. The smallest absolute Gasteiger partial charge is 0.224 e. The molecule has 0 heterocycles. The molecule has 0 saturated heterocycles. The summed E-state index contributed by atoms with van der Waals surface area (Å²) in [5, 5.41) is 2.71. The highest BCUT2D eigenvalue weighted by Crippen LogP contribution is 2.27. The summed E-state index contributed by atoms with van der Waals surface area (Å²) >= 11 is 3.32. The molecule has 1 rings (SSSR count). The topological polar surface area (TPSA) is 55.4 Å². The molecule has 0 aliphatic heterocycles. The third-order valence-corrected chi connectivity index (χ3v) is 2.63.